The second kappa shape index (κ2) is 4.99. The average Bonchev–Trinajstić information content (AvgIpc) is 2.10. The normalized spacial score (nSPS) is 26.8. The van der Waals surface area contributed by atoms with E-state index in [1.165, 1.54) is 12.8 Å². The van der Waals surface area contributed by atoms with Crippen molar-refractivity contribution in [3.63, 3.8) is 0 Å². The molecule has 1 rings (SSSR count). The van der Waals surface area contributed by atoms with Crippen LogP contribution < -0.4 is 0 Å². The van der Waals surface area contributed by atoms with Crippen LogP contribution in [0.3, 0.4) is 0 Å². The van der Waals surface area contributed by atoms with Crippen LogP contribution in [0.1, 0.15) is 53.9 Å². The lowest BCUT2D eigenvalue weighted by Gasteiger charge is -2.58. The summed E-state index contributed by atoms with van der Waals surface area (Å²) in [6.45, 7) is 11.6. The van der Waals surface area contributed by atoms with Gasteiger partial charge in [0.05, 0.1) is 12.1 Å². The molecule has 16 heavy (non-hydrogen) atoms. The van der Waals surface area contributed by atoms with Crippen molar-refractivity contribution in [1.29, 1.82) is 0 Å². The van der Waals surface area contributed by atoms with E-state index >= 15 is 0 Å². The zero-order valence-corrected chi connectivity index (χ0v) is 12.5. The molecule has 0 spiro atoms. The van der Waals surface area contributed by atoms with Gasteiger partial charge in [-0.25, -0.2) is 0 Å². The number of nitrogens with zero attached hydrogens (tertiary/aromatic N) is 3. The van der Waals surface area contributed by atoms with Crippen molar-refractivity contribution in [2.45, 2.75) is 65.6 Å². The summed E-state index contributed by atoms with van der Waals surface area (Å²) in [5, 5.41) is 4.25. The maximum absolute atomic E-state index is 6.35. The zero-order chi connectivity index (χ0) is 12.6. The molecule has 96 valence electrons. The van der Waals surface area contributed by atoms with Gasteiger partial charge in [-0.1, -0.05) is 29.8 Å². The van der Waals surface area contributed by atoms with Crippen LogP contribution >= 0.6 is 23.6 Å². The number of hydrogen-bond donors (Lipinski definition) is 0. The average molecular weight is 269 g/mol. The molecule has 1 atom stereocenters. The van der Waals surface area contributed by atoms with E-state index in [0.29, 0.717) is 6.17 Å². The van der Waals surface area contributed by atoms with Crippen molar-refractivity contribution >= 4 is 23.6 Å². The van der Waals surface area contributed by atoms with E-state index in [1.807, 2.05) is 0 Å². The summed E-state index contributed by atoms with van der Waals surface area (Å²) in [5.74, 6) is 0. The van der Waals surface area contributed by atoms with Gasteiger partial charge in [-0.3, -0.25) is 0 Å². The van der Waals surface area contributed by atoms with E-state index in [-0.39, 0.29) is 9.28 Å². The Labute approximate surface area is 110 Å². The van der Waals surface area contributed by atoms with Gasteiger partial charge in [-0.2, -0.15) is 0 Å². The molecular formula is C11H24Cl2N3+. The molecule has 0 aromatic rings. The van der Waals surface area contributed by atoms with Gasteiger partial charge in [-0.05, 0) is 34.1 Å². The van der Waals surface area contributed by atoms with Gasteiger partial charge in [0.25, 0.3) is 0 Å². The van der Waals surface area contributed by atoms with Gasteiger partial charge in [0.15, 0.2) is 6.17 Å². The molecule has 0 aromatic carbocycles. The zero-order valence-electron chi connectivity index (χ0n) is 11.0. The molecule has 5 heteroatoms. The number of halogens is 2. The van der Waals surface area contributed by atoms with Crippen LogP contribution in [0, 0.1) is 0 Å². The Hall–Kier alpha value is 0.460. The Morgan fingerprint density at radius 2 is 1.75 bits per heavy atom. The molecule has 1 fully saturated rings. The van der Waals surface area contributed by atoms with Crippen LogP contribution in [-0.4, -0.2) is 32.0 Å². The Balaban J connectivity index is 2.79. The molecule has 0 amide bonds. The standard InChI is InChI=1S/C11H24Cl2N3/c1-6-8-9-10-14(7-2)16(12,13)15(10)11(3,4)5/h10H,6-9H2,1-5H3/q+1. The Morgan fingerprint density at radius 3 is 2.12 bits per heavy atom. The summed E-state index contributed by atoms with van der Waals surface area (Å²) in [6, 6.07) is 0. The highest BCUT2D eigenvalue weighted by Gasteiger charge is 2.64. The van der Waals surface area contributed by atoms with Crippen molar-refractivity contribution < 1.29 is 3.74 Å². The van der Waals surface area contributed by atoms with Gasteiger partial charge in [0, 0.05) is 3.74 Å². The molecule has 1 heterocycles. The SMILES string of the molecule is CCCCC1N(CC)[N+](Cl)(Cl)N1C(C)(C)C. The summed E-state index contributed by atoms with van der Waals surface area (Å²) >= 11 is 12.7. The Morgan fingerprint density at radius 1 is 1.19 bits per heavy atom. The van der Waals surface area contributed by atoms with E-state index in [1.54, 1.807) is 0 Å². The fourth-order valence-corrected chi connectivity index (χ4v) is 3.44. The van der Waals surface area contributed by atoms with Gasteiger partial charge in [-0.15, -0.1) is 0 Å². The topological polar surface area (TPSA) is 6.48 Å². The first-order valence-corrected chi connectivity index (χ1v) is 6.79. The molecule has 1 unspecified atom stereocenters. The quantitative estimate of drug-likeness (QED) is 0.714. The lowest BCUT2D eigenvalue weighted by Crippen LogP contribution is -2.81. The molecule has 1 saturated heterocycles. The van der Waals surface area contributed by atoms with E-state index in [9.17, 15) is 0 Å². The third-order valence-corrected chi connectivity index (χ3v) is 3.74. The maximum Gasteiger partial charge on any atom is 0.236 e. The third kappa shape index (κ3) is 2.49. The van der Waals surface area contributed by atoms with Crippen molar-refractivity contribution in [2.24, 2.45) is 0 Å². The predicted octanol–water partition coefficient (Wildman–Crippen LogP) is 3.89. The summed E-state index contributed by atoms with van der Waals surface area (Å²) in [5.41, 5.74) is -0.0203. The molecule has 0 bridgehead atoms. The van der Waals surface area contributed by atoms with Crippen LogP contribution in [0.15, 0.2) is 0 Å². The molecule has 1 aliphatic heterocycles. The highest BCUT2D eigenvalue weighted by atomic mass is 35.5. The second-order valence-electron chi connectivity index (χ2n) is 5.35. The molecule has 0 saturated carbocycles. The molecule has 0 aliphatic carbocycles. The van der Waals surface area contributed by atoms with Crippen LogP contribution in [0.5, 0.6) is 0 Å². The monoisotopic (exact) mass is 268 g/mol. The van der Waals surface area contributed by atoms with Crippen LogP contribution in [0.4, 0.5) is 0 Å². The third-order valence-electron chi connectivity index (χ3n) is 3.02. The number of rotatable bonds is 4. The van der Waals surface area contributed by atoms with Crippen LogP contribution in [0.2, 0.25) is 0 Å². The lowest BCUT2D eigenvalue weighted by molar-refractivity contribution is -1.04. The van der Waals surface area contributed by atoms with E-state index in [4.69, 9.17) is 23.6 Å². The first kappa shape index (κ1) is 14.5. The minimum Gasteiger partial charge on any atom is -0.0763 e. The second-order valence-corrected chi connectivity index (χ2v) is 6.47. The molecule has 0 N–H and O–H groups in total. The lowest BCUT2D eigenvalue weighted by atomic mass is 10.0. The van der Waals surface area contributed by atoms with Crippen molar-refractivity contribution in [2.75, 3.05) is 6.54 Å². The summed E-state index contributed by atoms with van der Waals surface area (Å²) in [7, 11) is 0. The Bertz CT molecular complexity index is 238. The first-order chi connectivity index (χ1) is 7.26. The van der Waals surface area contributed by atoms with Crippen LogP contribution in [-0.2, 0) is 0 Å². The minimum atomic E-state index is -0.144. The summed E-state index contributed by atoms with van der Waals surface area (Å²) in [6.07, 6.45) is 3.90. The van der Waals surface area contributed by atoms with E-state index < -0.39 is 0 Å². The molecule has 1 aliphatic rings. The molecule has 0 radical (unpaired) electrons. The van der Waals surface area contributed by atoms with Crippen molar-refractivity contribution in [3.05, 3.63) is 0 Å². The molecular weight excluding hydrogens is 245 g/mol. The number of unbranched alkanes of at least 4 members (excludes halogenated alkanes) is 1. The molecule has 3 nitrogen and oxygen atoms in total. The van der Waals surface area contributed by atoms with Crippen molar-refractivity contribution in [1.82, 2.24) is 10.0 Å². The van der Waals surface area contributed by atoms with Crippen molar-refractivity contribution in [3.8, 4) is 0 Å². The summed E-state index contributed by atoms with van der Waals surface area (Å²) in [4.78, 5) is 0. The summed E-state index contributed by atoms with van der Waals surface area (Å²) < 4.78 is -0.144. The largest absolute Gasteiger partial charge is 0.236 e. The van der Waals surface area contributed by atoms with Crippen LogP contribution in [0.25, 0.3) is 0 Å². The maximum atomic E-state index is 6.35. The molecule has 0 aromatic heterocycles. The minimum absolute atomic E-state index is 0.0203. The van der Waals surface area contributed by atoms with Gasteiger partial charge in [0.1, 0.15) is 0 Å². The fourth-order valence-electron chi connectivity index (χ4n) is 2.37. The number of hydrogen-bond acceptors (Lipinski definition) is 2. The first-order valence-electron chi connectivity index (χ1n) is 6.12. The van der Waals surface area contributed by atoms with Gasteiger partial charge < -0.3 is 0 Å². The Kier molecular flexibility index (Phi) is 4.53. The highest BCUT2D eigenvalue weighted by molar-refractivity contribution is 6.23. The van der Waals surface area contributed by atoms with E-state index in [2.05, 4.69) is 44.6 Å². The number of quaternary nitrogens is 1. The van der Waals surface area contributed by atoms with Gasteiger partial charge in [0.2, 0.25) is 23.6 Å². The smallest absolute Gasteiger partial charge is 0.0763 e. The highest BCUT2D eigenvalue weighted by Crippen LogP contribution is 2.46. The van der Waals surface area contributed by atoms with E-state index in [0.717, 1.165) is 13.0 Å². The van der Waals surface area contributed by atoms with Gasteiger partial charge >= 0.3 is 0 Å². The predicted molar refractivity (Wildman–Crippen MR) is 69.3 cm³/mol. The fraction of sp³-hybridized carbons (Fsp3) is 1.00.